The smallest absolute Gasteiger partial charge is 0.159 e. The molecule has 0 aromatic carbocycles. The molecule has 0 bridgehead atoms. The number of hydrogen-bond donors (Lipinski definition) is 0. The SMILES string of the molecule is Cc1cnc2c(c1)ncn2C. The van der Waals surface area contributed by atoms with Crippen molar-refractivity contribution in [3.05, 3.63) is 24.2 Å². The molecule has 3 nitrogen and oxygen atoms in total. The lowest BCUT2D eigenvalue weighted by Crippen LogP contribution is -1.87. The van der Waals surface area contributed by atoms with Crippen LogP contribution in [0.5, 0.6) is 0 Å². The van der Waals surface area contributed by atoms with Crippen molar-refractivity contribution in [1.29, 1.82) is 0 Å². The molecular weight excluding hydrogens is 138 g/mol. The van der Waals surface area contributed by atoms with Gasteiger partial charge in [-0.3, -0.25) is 0 Å². The molecule has 11 heavy (non-hydrogen) atoms. The van der Waals surface area contributed by atoms with Crippen molar-refractivity contribution < 1.29 is 0 Å². The van der Waals surface area contributed by atoms with Gasteiger partial charge >= 0.3 is 0 Å². The van der Waals surface area contributed by atoms with E-state index in [4.69, 9.17) is 0 Å². The molecule has 0 atom stereocenters. The summed E-state index contributed by atoms with van der Waals surface area (Å²) in [6.45, 7) is 2.02. The molecule has 0 N–H and O–H groups in total. The largest absolute Gasteiger partial charge is 0.318 e. The van der Waals surface area contributed by atoms with Crippen LogP contribution in [0.3, 0.4) is 0 Å². The van der Waals surface area contributed by atoms with Crippen LogP contribution in [-0.4, -0.2) is 14.5 Å². The second-order valence-corrected chi connectivity index (χ2v) is 2.71. The predicted octanol–water partition coefficient (Wildman–Crippen LogP) is 1.28. The van der Waals surface area contributed by atoms with E-state index in [-0.39, 0.29) is 0 Å². The molecule has 0 saturated carbocycles. The van der Waals surface area contributed by atoms with Crippen molar-refractivity contribution in [3.63, 3.8) is 0 Å². The summed E-state index contributed by atoms with van der Waals surface area (Å²) >= 11 is 0. The summed E-state index contributed by atoms with van der Waals surface area (Å²) in [5, 5.41) is 0. The van der Waals surface area contributed by atoms with Gasteiger partial charge < -0.3 is 4.57 Å². The number of imidazole rings is 1. The zero-order valence-electron chi connectivity index (χ0n) is 6.57. The van der Waals surface area contributed by atoms with Crippen LogP contribution >= 0.6 is 0 Å². The van der Waals surface area contributed by atoms with Crippen LogP contribution in [0.4, 0.5) is 0 Å². The van der Waals surface area contributed by atoms with Crippen molar-refractivity contribution in [2.24, 2.45) is 7.05 Å². The first kappa shape index (κ1) is 6.34. The van der Waals surface area contributed by atoms with Crippen molar-refractivity contribution in [2.75, 3.05) is 0 Å². The first-order valence-corrected chi connectivity index (χ1v) is 3.51. The molecule has 2 rings (SSSR count). The van der Waals surface area contributed by atoms with Crippen LogP contribution in [0.2, 0.25) is 0 Å². The van der Waals surface area contributed by atoms with Crippen molar-refractivity contribution in [1.82, 2.24) is 14.5 Å². The fraction of sp³-hybridized carbons (Fsp3) is 0.250. The predicted molar refractivity (Wildman–Crippen MR) is 43.2 cm³/mol. The van der Waals surface area contributed by atoms with Gasteiger partial charge in [0.1, 0.15) is 5.52 Å². The Kier molecular flexibility index (Phi) is 1.18. The molecule has 2 aromatic rings. The molecule has 0 amide bonds. The van der Waals surface area contributed by atoms with E-state index in [2.05, 4.69) is 9.97 Å². The van der Waals surface area contributed by atoms with Crippen LogP contribution in [0.15, 0.2) is 18.6 Å². The third-order valence-corrected chi connectivity index (χ3v) is 1.69. The summed E-state index contributed by atoms with van der Waals surface area (Å²) in [4.78, 5) is 8.42. The van der Waals surface area contributed by atoms with E-state index in [1.165, 1.54) is 0 Å². The van der Waals surface area contributed by atoms with Gasteiger partial charge in [0.05, 0.1) is 6.33 Å². The quantitative estimate of drug-likeness (QED) is 0.562. The Labute approximate surface area is 64.7 Å². The number of fused-ring (bicyclic) bond motifs is 1. The van der Waals surface area contributed by atoms with E-state index in [0.29, 0.717) is 0 Å². The van der Waals surface area contributed by atoms with E-state index in [9.17, 15) is 0 Å². The van der Waals surface area contributed by atoms with E-state index in [0.717, 1.165) is 16.7 Å². The number of rotatable bonds is 0. The molecule has 0 aliphatic rings. The fourth-order valence-electron chi connectivity index (χ4n) is 1.12. The number of aryl methyl sites for hydroxylation is 2. The minimum Gasteiger partial charge on any atom is -0.318 e. The Morgan fingerprint density at radius 1 is 1.36 bits per heavy atom. The maximum absolute atomic E-state index is 4.24. The van der Waals surface area contributed by atoms with Gasteiger partial charge in [-0.15, -0.1) is 0 Å². The van der Waals surface area contributed by atoms with Crippen molar-refractivity contribution >= 4 is 11.2 Å². The zero-order valence-corrected chi connectivity index (χ0v) is 6.57. The van der Waals surface area contributed by atoms with Gasteiger partial charge in [0.25, 0.3) is 0 Å². The van der Waals surface area contributed by atoms with Gasteiger partial charge in [-0.05, 0) is 18.6 Å². The molecule has 56 valence electrons. The first-order valence-electron chi connectivity index (χ1n) is 3.51. The van der Waals surface area contributed by atoms with Crippen LogP contribution in [0, 0.1) is 6.92 Å². The average molecular weight is 147 g/mol. The van der Waals surface area contributed by atoms with E-state index in [1.807, 2.05) is 30.8 Å². The summed E-state index contributed by atoms with van der Waals surface area (Å²) in [6, 6.07) is 2.03. The first-order chi connectivity index (χ1) is 5.27. The minimum absolute atomic E-state index is 0.940. The standard InChI is InChI=1S/C8H9N3/c1-6-3-7-8(9-4-6)11(2)5-10-7/h3-5H,1-2H3. The van der Waals surface area contributed by atoms with E-state index in [1.54, 1.807) is 6.33 Å². The second kappa shape index (κ2) is 2.05. The van der Waals surface area contributed by atoms with E-state index >= 15 is 0 Å². The Hall–Kier alpha value is -1.38. The highest BCUT2D eigenvalue weighted by Gasteiger charge is 1.98. The van der Waals surface area contributed by atoms with Gasteiger partial charge in [0.2, 0.25) is 0 Å². The van der Waals surface area contributed by atoms with Gasteiger partial charge in [0, 0.05) is 13.2 Å². The summed E-state index contributed by atoms with van der Waals surface area (Å²) in [5.74, 6) is 0. The van der Waals surface area contributed by atoms with Gasteiger partial charge in [-0.1, -0.05) is 0 Å². The molecule has 0 aliphatic heterocycles. The highest BCUT2D eigenvalue weighted by Crippen LogP contribution is 2.08. The average Bonchev–Trinajstić information content (AvgIpc) is 2.32. The Balaban J connectivity index is 2.86. The minimum atomic E-state index is 0.940. The van der Waals surface area contributed by atoms with Gasteiger partial charge in [-0.25, -0.2) is 9.97 Å². The maximum atomic E-state index is 4.24. The Morgan fingerprint density at radius 3 is 3.00 bits per heavy atom. The van der Waals surface area contributed by atoms with Crippen LogP contribution in [0.25, 0.3) is 11.2 Å². The van der Waals surface area contributed by atoms with Crippen molar-refractivity contribution in [2.45, 2.75) is 6.92 Å². The normalized spacial score (nSPS) is 10.7. The zero-order chi connectivity index (χ0) is 7.84. The highest BCUT2D eigenvalue weighted by atomic mass is 15.1. The molecule has 2 aromatic heterocycles. The second-order valence-electron chi connectivity index (χ2n) is 2.71. The molecular formula is C8H9N3. The summed E-state index contributed by atoms with van der Waals surface area (Å²) in [7, 11) is 1.94. The third kappa shape index (κ3) is 0.888. The summed E-state index contributed by atoms with van der Waals surface area (Å²) in [6.07, 6.45) is 3.63. The molecule has 0 aliphatic carbocycles. The lowest BCUT2D eigenvalue weighted by Gasteiger charge is -1.92. The fourth-order valence-corrected chi connectivity index (χ4v) is 1.12. The monoisotopic (exact) mass is 147 g/mol. The molecule has 0 spiro atoms. The Morgan fingerprint density at radius 2 is 2.18 bits per heavy atom. The van der Waals surface area contributed by atoms with Gasteiger partial charge in [0.15, 0.2) is 5.65 Å². The number of aromatic nitrogens is 3. The molecule has 0 unspecified atom stereocenters. The maximum Gasteiger partial charge on any atom is 0.159 e. The molecule has 2 heterocycles. The van der Waals surface area contributed by atoms with Crippen LogP contribution in [0.1, 0.15) is 5.56 Å². The number of pyridine rings is 1. The topological polar surface area (TPSA) is 30.7 Å². The van der Waals surface area contributed by atoms with Crippen molar-refractivity contribution in [3.8, 4) is 0 Å². The summed E-state index contributed by atoms with van der Waals surface area (Å²) in [5.41, 5.74) is 3.05. The van der Waals surface area contributed by atoms with Gasteiger partial charge in [-0.2, -0.15) is 0 Å². The molecule has 0 radical (unpaired) electrons. The third-order valence-electron chi connectivity index (χ3n) is 1.69. The van der Waals surface area contributed by atoms with Crippen LogP contribution in [-0.2, 0) is 7.05 Å². The molecule has 0 saturated heterocycles. The lowest BCUT2D eigenvalue weighted by atomic mass is 10.3. The number of hydrogen-bond acceptors (Lipinski definition) is 2. The molecule has 0 fully saturated rings. The highest BCUT2D eigenvalue weighted by molar-refractivity contribution is 5.70. The lowest BCUT2D eigenvalue weighted by molar-refractivity contribution is 0.930. The number of nitrogens with zero attached hydrogens (tertiary/aromatic N) is 3. The molecule has 3 heteroatoms. The van der Waals surface area contributed by atoms with E-state index < -0.39 is 0 Å². The Bertz CT molecular complexity index is 389. The van der Waals surface area contributed by atoms with Crippen LogP contribution < -0.4 is 0 Å². The summed E-state index contributed by atoms with van der Waals surface area (Å²) < 4.78 is 1.91.